The van der Waals surface area contributed by atoms with E-state index in [1.807, 2.05) is 0 Å². The van der Waals surface area contributed by atoms with Gasteiger partial charge in [0.25, 0.3) is 0 Å². The van der Waals surface area contributed by atoms with Crippen LogP contribution in [-0.4, -0.2) is 33.4 Å². The lowest BCUT2D eigenvalue weighted by atomic mass is 10.4. The van der Waals surface area contributed by atoms with Crippen LogP contribution in [0.25, 0.3) is 0 Å². The number of nitrogens with one attached hydrogen (secondary N) is 1. The number of methoxy groups -OCH3 is 1. The van der Waals surface area contributed by atoms with Gasteiger partial charge in [-0.15, -0.1) is 0 Å². The van der Waals surface area contributed by atoms with Crippen LogP contribution in [0.5, 0.6) is 0 Å². The van der Waals surface area contributed by atoms with Gasteiger partial charge in [-0.2, -0.15) is 0 Å². The molecule has 0 aromatic carbocycles. The molecule has 3 heteroatoms. The van der Waals surface area contributed by atoms with Crippen molar-refractivity contribution < 1.29 is 4.74 Å². The molecule has 0 aromatic heterocycles. The predicted octanol–water partition coefficient (Wildman–Crippen LogP) is -0.429. The van der Waals surface area contributed by atoms with E-state index in [1.54, 1.807) is 7.11 Å². The van der Waals surface area contributed by atoms with Gasteiger partial charge in [0.15, 0.2) is 0 Å². The zero-order valence-electron chi connectivity index (χ0n) is 6.02. The van der Waals surface area contributed by atoms with Crippen molar-refractivity contribution in [3.63, 3.8) is 0 Å². The first-order chi connectivity index (χ1) is 4.41. The topological polar surface area (TPSA) is 47.3 Å². The van der Waals surface area contributed by atoms with Gasteiger partial charge in [-0.3, -0.25) is 0 Å². The molecule has 0 unspecified atom stereocenters. The van der Waals surface area contributed by atoms with Crippen LogP contribution in [0.1, 0.15) is 6.42 Å². The zero-order valence-corrected chi connectivity index (χ0v) is 6.02. The van der Waals surface area contributed by atoms with Gasteiger partial charge in [-0.05, 0) is 19.5 Å². The fourth-order valence-electron chi connectivity index (χ4n) is 0.526. The first kappa shape index (κ1) is 8.88. The number of rotatable bonds is 6. The second-order valence-electron chi connectivity index (χ2n) is 1.89. The molecule has 0 heterocycles. The van der Waals surface area contributed by atoms with Crippen LogP contribution in [0.4, 0.5) is 0 Å². The highest BCUT2D eigenvalue weighted by Gasteiger charge is 1.83. The molecule has 0 rings (SSSR count). The Morgan fingerprint density at radius 1 is 1.44 bits per heavy atom. The van der Waals surface area contributed by atoms with Crippen molar-refractivity contribution >= 4 is 0 Å². The lowest BCUT2D eigenvalue weighted by molar-refractivity contribution is 0.199. The van der Waals surface area contributed by atoms with Gasteiger partial charge in [0.05, 0.1) is 6.61 Å². The molecule has 0 saturated heterocycles. The van der Waals surface area contributed by atoms with Crippen LogP contribution in [0.3, 0.4) is 0 Å². The molecule has 9 heavy (non-hydrogen) atoms. The Labute approximate surface area is 56.6 Å². The largest absolute Gasteiger partial charge is 0.383 e. The number of hydrogen-bond donors (Lipinski definition) is 2. The van der Waals surface area contributed by atoms with Crippen LogP contribution in [0.15, 0.2) is 0 Å². The number of ether oxygens (including phenoxy) is 1. The Kier molecular flexibility index (Phi) is 7.77. The standard InChI is InChI=1S/C6H16N2O/c1-9-6-5-8-4-2-3-7/h8H,2-7H2,1H3. The van der Waals surface area contributed by atoms with E-state index in [1.165, 1.54) is 0 Å². The van der Waals surface area contributed by atoms with Gasteiger partial charge in [0, 0.05) is 13.7 Å². The van der Waals surface area contributed by atoms with E-state index in [0.29, 0.717) is 0 Å². The molecule has 0 aromatic rings. The molecular formula is C6H16N2O. The molecule has 3 N–H and O–H groups in total. The average Bonchev–Trinajstić information content (AvgIpc) is 1.89. The summed E-state index contributed by atoms with van der Waals surface area (Å²) in [4.78, 5) is 0. The summed E-state index contributed by atoms with van der Waals surface area (Å²) >= 11 is 0. The van der Waals surface area contributed by atoms with Crippen LogP contribution in [0, 0.1) is 0 Å². The van der Waals surface area contributed by atoms with Crippen LogP contribution in [-0.2, 0) is 4.74 Å². The minimum absolute atomic E-state index is 0.764. The van der Waals surface area contributed by atoms with Gasteiger partial charge < -0.3 is 15.8 Å². The summed E-state index contributed by atoms with van der Waals surface area (Å²) < 4.78 is 4.83. The molecular weight excluding hydrogens is 116 g/mol. The van der Waals surface area contributed by atoms with Crippen LogP contribution >= 0.6 is 0 Å². The van der Waals surface area contributed by atoms with Crippen molar-refractivity contribution in [1.82, 2.24) is 5.32 Å². The average molecular weight is 132 g/mol. The molecule has 0 radical (unpaired) electrons. The maximum Gasteiger partial charge on any atom is 0.0587 e. The van der Waals surface area contributed by atoms with E-state index in [9.17, 15) is 0 Å². The Hall–Kier alpha value is -0.120. The minimum atomic E-state index is 0.764. The summed E-state index contributed by atoms with van der Waals surface area (Å²) in [5.41, 5.74) is 5.27. The highest BCUT2D eigenvalue weighted by molar-refractivity contribution is 4.45. The van der Waals surface area contributed by atoms with Crippen molar-refractivity contribution in [2.45, 2.75) is 6.42 Å². The Morgan fingerprint density at radius 3 is 2.78 bits per heavy atom. The molecule has 56 valence electrons. The summed E-state index contributed by atoms with van der Waals surface area (Å²) in [6, 6.07) is 0. The lowest BCUT2D eigenvalue weighted by Crippen LogP contribution is -2.22. The highest BCUT2D eigenvalue weighted by Crippen LogP contribution is 1.69. The van der Waals surface area contributed by atoms with E-state index in [2.05, 4.69) is 5.32 Å². The second kappa shape index (κ2) is 7.88. The molecule has 0 aliphatic rings. The van der Waals surface area contributed by atoms with Gasteiger partial charge in [-0.25, -0.2) is 0 Å². The molecule has 0 atom stereocenters. The highest BCUT2D eigenvalue weighted by atomic mass is 16.5. The smallest absolute Gasteiger partial charge is 0.0587 e. The molecule has 0 saturated carbocycles. The third kappa shape index (κ3) is 7.88. The molecule has 0 amide bonds. The monoisotopic (exact) mass is 132 g/mol. The minimum Gasteiger partial charge on any atom is -0.383 e. The van der Waals surface area contributed by atoms with Crippen molar-refractivity contribution in [1.29, 1.82) is 0 Å². The molecule has 0 fully saturated rings. The number of nitrogens with two attached hydrogens (primary N) is 1. The van der Waals surface area contributed by atoms with Crippen molar-refractivity contribution in [2.24, 2.45) is 5.73 Å². The fraction of sp³-hybridized carbons (Fsp3) is 1.00. The predicted molar refractivity (Wildman–Crippen MR) is 38.4 cm³/mol. The van der Waals surface area contributed by atoms with E-state index < -0.39 is 0 Å². The zero-order chi connectivity index (χ0) is 6.95. The Morgan fingerprint density at radius 2 is 2.22 bits per heavy atom. The van der Waals surface area contributed by atoms with Gasteiger partial charge in [-0.1, -0.05) is 0 Å². The Balaban J connectivity index is 2.60. The summed E-state index contributed by atoms with van der Waals surface area (Å²) in [5.74, 6) is 0. The lowest BCUT2D eigenvalue weighted by Gasteiger charge is -2.00. The first-order valence-electron chi connectivity index (χ1n) is 3.31. The van der Waals surface area contributed by atoms with Gasteiger partial charge >= 0.3 is 0 Å². The van der Waals surface area contributed by atoms with E-state index in [4.69, 9.17) is 10.5 Å². The fourth-order valence-corrected chi connectivity index (χ4v) is 0.526. The second-order valence-corrected chi connectivity index (χ2v) is 1.89. The van der Waals surface area contributed by atoms with Crippen LogP contribution < -0.4 is 11.1 Å². The van der Waals surface area contributed by atoms with Crippen molar-refractivity contribution in [3.8, 4) is 0 Å². The van der Waals surface area contributed by atoms with Crippen LogP contribution in [0.2, 0.25) is 0 Å². The normalized spacial score (nSPS) is 10.0. The molecule has 0 aliphatic heterocycles. The third-order valence-electron chi connectivity index (χ3n) is 1.04. The van der Waals surface area contributed by atoms with E-state index in [0.717, 1.165) is 32.7 Å². The Bertz CT molecular complexity index is 44.3. The van der Waals surface area contributed by atoms with E-state index in [-0.39, 0.29) is 0 Å². The molecule has 0 spiro atoms. The SMILES string of the molecule is COCCNCCCN. The maximum absolute atomic E-state index is 5.27. The summed E-state index contributed by atoms with van der Waals surface area (Å²) in [6.45, 7) is 3.47. The molecule has 3 nitrogen and oxygen atoms in total. The summed E-state index contributed by atoms with van der Waals surface area (Å²) in [7, 11) is 1.70. The quantitative estimate of drug-likeness (QED) is 0.482. The van der Waals surface area contributed by atoms with E-state index >= 15 is 0 Å². The first-order valence-corrected chi connectivity index (χ1v) is 3.31. The maximum atomic E-state index is 5.27. The molecule has 0 aliphatic carbocycles. The summed E-state index contributed by atoms with van der Waals surface area (Å²) in [5, 5.41) is 3.18. The van der Waals surface area contributed by atoms with Gasteiger partial charge in [0.1, 0.15) is 0 Å². The van der Waals surface area contributed by atoms with Crippen molar-refractivity contribution in [3.05, 3.63) is 0 Å². The summed E-state index contributed by atoms with van der Waals surface area (Å²) in [6.07, 6.45) is 1.05. The number of hydrogen-bond acceptors (Lipinski definition) is 3. The molecule has 0 bridgehead atoms. The van der Waals surface area contributed by atoms with Gasteiger partial charge in [0.2, 0.25) is 0 Å². The third-order valence-corrected chi connectivity index (χ3v) is 1.04. The van der Waals surface area contributed by atoms with Crippen molar-refractivity contribution in [2.75, 3.05) is 33.4 Å².